The normalized spacial score (nSPS) is 16.7. The Morgan fingerprint density at radius 1 is 1.20 bits per heavy atom. The highest BCUT2D eigenvalue weighted by Gasteiger charge is 2.36. The summed E-state index contributed by atoms with van der Waals surface area (Å²) in [5, 5.41) is 2.87. The van der Waals surface area contributed by atoms with Gasteiger partial charge in [0.2, 0.25) is 0 Å². The molecule has 2 amide bonds. The van der Waals surface area contributed by atoms with Crippen molar-refractivity contribution in [1.29, 1.82) is 0 Å². The van der Waals surface area contributed by atoms with Crippen LogP contribution < -0.4 is 9.80 Å². The van der Waals surface area contributed by atoms with Gasteiger partial charge in [0.05, 0.1) is 19.6 Å². The van der Waals surface area contributed by atoms with Crippen LogP contribution in [-0.4, -0.2) is 63.4 Å². The summed E-state index contributed by atoms with van der Waals surface area (Å²) >= 11 is 0. The minimum Gasteiger partial charge on any atom is -0.382 e. The zero-order valence-corrected chi connectivity index (χ0v) is 15.5. The van der Waals surface area contributed by atoms with Crippen molar-refractivity contribution in [2.75, 3.05) is 52.5 Å². The van der Waals surface area contributed by atoms with Crippen molar-refractivity contribution in [3.8, 4) is 0 Å². The van der Waals surface area contributed by atoms with E-state index in [1.807, 2.05) is 30.9 Å². The maximum atomic E-state index is 13.3. The molecule has 1 aliphatic rings. The summed E-state index contributed by atoms with van der Waals surface area (Å²) in [6.07, 6.45) is 2.08. The quantitative estimate of drug-likeness (QED) is 0.577. The van der Waals surface area contributed by atoms with Crippen LogP contribution in [0.1, 0.15) is 26.7 Å². The Morgan fingerprint density at radius 3 is 2.48 bits per heavy atom. The number of hydrogen-bond acceptors (Lipinski definition) is 2. The lowest BCUT2D eigenvalue weighted by molar-refractivity contribution is 0.125. The molecule has 25 heavy (non-hydrogen) atoms. The SMILES string of the molecule is CCNC(=O)N1CC[N+](CCCCOCC)(c2ccc(F)cc2)CC1. The molecular formula is C19H31FN3O2+. The average molecular weight is 352 g/mol. The molecule has 2 rings (SSSR count). The summed E-state index contributed by atoms with van der Waals surface area (Å²) in [5.41, 5.74) is 1.13. The van der Waals surface area contributed by atoms with Crippen molar-refractivity contribution in [2.24, 2.45) is 0 Å². The standard InChI is InChI=1S/C19H30FN3O2/c1-3-21-19(24)22-11-14-23(15-12-22,13-5-6-16-25-4-2)18-9-7-17(20)8-10-18/h7-10H,3-6,11-16H2,1-2H3/p+1. The monoisotopic (exact) mass is 352 g/mol. The summed E-state index contributed by atoms with van der Waals surface area (Å²) < 4.78 is 19.6. The molecule has 1 fully saturated rings. The molecule has 1 heterocycles. The van der Waals surface area contributed by atoms with Gasteiger partial charge in [0.1, 0.15) is 24.6 Å². The number of nitrogens with one attached hydrogen (secondary N) is 1. The van der Waals surface area contributed by atoms with Crippen LogP contribution in [0, 0.1) is 5.82 Å². The van der Waals surface area contributed by atoms with Crippen LogP contribution in [0.15, 0.2) is 24.3 Å². The Bertz CT molecular complexity index is 528. The number of carbonyl (C=O) groups is 1. The molecule has 0 bridgehead atoms. The van der Waals surface area contributed by atoms with Gasteiger partial charge in [0.15, 0.2) is 0 Å². The van der Waals surface area contributed by atoms with Crippen LogP contribution in [0.2, 0.25) is 0 Å². The van der Waals surface area contributed by atoms with Crippen LogP contribution in [0.25, 0.3) is 0 Å². The summed E-state index contributed by atoms with van der Waals surface area (Å²) in [6, 6.07) is 6.85. The molecule has 0 radical (unpaired) electrons. The number of carbonyl (C=O) groups excluding carboxylic acids is 1. The van der Waals surface area contributed by atoms with Gasteiger partial charge in [-0.1, -0.05) is 0 Å². The molecule has 0 spiro atoms. The fourth-order valence-electron chi connectivity index (χ4n) is 3.45. The molecule has 0 saturated carbocycles. The van der Waals surface area contributed by atoms with Crippen LogP contribution in [0.4, 0.5) is 14.9 Å². The van der Waals surface area contributed by atoms with Gasteiger partial charge in [-0.25, -0.2) is 9.18 Å². The van der Waals surface area contributed by atoms with E-state index >= 15 is 0 Å². The van der Waals surface area contributed by atoms with Gasteiger partial charge in [0.25, 0.3) is 0 Å². The number of amides is 2. The molecule has 0 unspecified atom stereocenters. The third-order valence-electron chi connectivity index (χ3n) is 4.91. The lowest BCUT2D eigenvalue weighted by Gasteiger charge is -2.44. The van der Waals surface area contributed by atoms with E-state index in [0.29, 0.717) is 19.6 Å². The van der Waals surface area contributed by atoms with Gasteiger partial charge in [-0.2, -0.15) is 0 Å². The Labute approximate surface area is 150 Å². The van der Waals surface area contributed by atoms with Crippen molar-refractivity contribution in [1.82, 2.24) is 14.7 Å². The Balaban J connectivity index is 2.03. The molecule has 0 atom stereocenters. The minimum absolute atomic E-state index is 0.00996. The second-order valence-corrected chi connectivity index (χ2v) is 6.52. The van der Waals surface area contributed by atoms with Crippen molar-refractivity contribution in [3.05, 3.63) is 30.1 Å². The molecule has 1 aliphatic heterocycles. The summed E-state index contributed by atoms with van der Waals surface area (Å²) in [6.45, 7) is 10.3. The molecule has 0 aromatic heterocycles. The number of hydrogen-bond donors (Lipinski definition) is 1. The first-order chi connectivity index (χ1) is 12.1. The zero-order chi connectivity index (χ0) is 18.1. The summed E-state index contributed by atoms with van der Waals surface area (Å²) in [4.78, 5) is 13.9. The fraction of sp³-hybridized carbons (Fsp3) is 0.632. The Hall–Kier alpha value is -1.66. The maximum absolute atomic E-state index is 13.3. The number of ether oxygens (including phenoxy) is 1. The second kappa shape index (κ2) is 9.73. The molecule has 1 N–H and O–H groups in total. The third kappa shape index (κ3) is 5.41. The lowest BCUT2D eigenvalue weighted by Crippen LogP contribution is -2.63. The van der Waals surface area contributed by atoms with E-state index in [-0.39, 0.29) is 11.8 Å². The first kappa shape index (κ1) is 19.7. The summed E-state index contributed by atoms with van der Waals surface area (Å²) in [7, 11) is 0. The van der Waals surface area contributed by atoms with Gasteiger partial charge in [-0.3, -0.25) is 4.48 Å². The van der Waals surface area contributed by atoms with Gasteiger partial charge >= 0.3 is 6.03 Å². The Morgan fingerprint density at radius 2 is 1.88 bits per heavy atom. The predicted octanol–water partition coefficient (Wildman–Crippen LogP) is 2.99. The number of rotatable bonds is 8. The molecule has 140 valence electrons. The predicted molar refractivity (Wildman–Crippen MR) is 99.2 cm³/mol. The lowest BCUT2D eigenvalue weighted by atomic mass is 10.1. The number of nitrogens with zero attached hydrogens (tertiary/aromatic N) is 2. The smallest absolute Gasteiger partial charge is 0.317 e. The van der Waals surface area contributed by atoms with E-state index in [2.05, 4.69) is 5.32 Å². The van der Waals surface area contributed by atoms with E-state index in [9.17, 15) is 9.18 Å². The number of quaternary nitrogens is 1. The number of piperazine rings is 1. The number of urea groups is 1. The van der Waals surface area contributed by atoms with Gasteiger partial charge < -0.3 is 15.0 Å². The summed E-state index contributed by atoms with van der Waals surface area (Å²) in [5.74, 6) is -0.209. The molecule has 0 aliphatic carbocycles. The van der Waals surface area contributed by atoms with Crippen LogP contribution in [-0.2, 0) is 4.74 Å². The Kier molecular flexibility index (Phi) is 7.65. The van der Waals surface area contributed by atoms with Gasteiger partial charge in [-0.15, -0.1) is 0 Å². The van der Waals surface area contributed by atoms with Crippen LogP contribution in [0.3, 0.4) is 0 Å². The highest BCUT2D eigenvalue weighted by atomic mass is 19.1. The fourth-order valence-corrected chi connectivity index (χ4v) is 3.45. The van der Waals surface area contributed by atoms with E-state index in [1.165, 1.54) is 12.1 Å². The van der Waals surface area contributed by atoms with E-state index < -0.39 is 0 Å². The van der Waals surface area contributed by atoms with Crippen molar-refractivity contribution >= 4 is 11.7 Å². The van der Waals surface area contributed by atoms with Crippen molar-refractivity contribution in [3.63, 3.8) is 0 Å². The van der Waals surface area contributed by atoms with E-state index in [4.69, 9.17) is 4.74 Å². The maximum Gasteiger partial charge on any atom is 0.317 e. The van der Waals surface area contributed by atoms with Crippen molar-refractivity contribution in [2.45, 2.75) is 26.7 Å². The van der Waals surface area contributed by atoms with Crippen LogP contribution in [0.5, 0.6) is 0 Å². The first-order valence-electron chi connectivity index (χ1n) is 9.34. The number of halogens is 1. The first-order valence-corrected chi connectivity index (χ1v) is 9.34. The van der Waals surface area contributed by atoms with Crippen molar-refractivity contribution < 1.29 is 13.9 Å². The van der Waals surface area contributed by atoms with Gasteiger partial charge in [-0.05, 0) is 38.8 Å². The van der Waals surface area contributed by atoms with E-state index in [1.54, 1.807) is 0 Å². The number of benzene rings is 1. The molecule has 1 saturated heterocycles. The molecule has 6 heteroatoms. The van der Waals surface area contributed by atoms with E-state index in [0.717, 1.165) is 55.9 Å². The topological polar surface area (TPSA) is 41.6 Å². The van der Waals surface area contributed by atoms with Gasteiger partial charge in [0, 0.05) is 31.9 Å². The third-order valence-corrected chi connectivity index (χ3v) is 4.91. The molecule has 1 aromatic rings. The average Bonchev–Trinajstić information content (AvgIpc) is 2.63. The number of unbranched alkanes of at least 4 members (excludes halogenated alkanes) is 1. The molecular weight excluding hydrogens is 321 g/mol. The zero-order valence-electron chi connectivity index (χ0n) is 15.5. The highest BCUT2D eigenvalue weighted by Crippen LogP contribution is 2.27. The minimum atomic E-state index is -0.209. The molecule has 5 nitrogen and oxygen atoms in total. The largest absolute Gasteiger partial charge is 0.382 e. The highest BCUT2D eigenvalue weighted by molar-refractivity contribution is 5.74. The second-order valence-electron chi connectivity index (χ2n) is 6.52. The molecule has 1 aromatic carbocycles. The van der Waals surface area contributed by atoms with Crippen LogP contribution >= 0.6 is 0 Å².